The molecule has 30 heavy (non-hydrogen) atoms. The summed E-state index contributed by atoms with van der Waals surface area (Å²) in [7, 11) is 0. The molecule has 0 aliphatic rings. The number of rotatable bonds is 5. The van der Waals surface area contributed by atoms with Crippen LogP contribution in [0.5, 0.6) is 0 Å². The molecule has 0 aliphatic heterocycles. The monoisotopic (exact) mass is 398 g/mol. The van der Waals surface area contributed by atoms with E-state index < -0.39 is 0 Å². The summed E-state index contributed by atoms with van der Waals surface area (Å²) in [6.45, 7) is 4.03. The van der Waals surface area contributed by atoms with Crippen LogP contribution >= 0.6 is 0 Å². The van der Waals surface area contributed by atoms with Crippen molar-refractivity contribution in [2.45, 2.75) is 20.3 Å². The minimum absolute atomic E-state index is 0.151. The van der Waals surface area contributed by atoms with Gasteiger partial charge in [0.05, 0.1) is 5.52 Å². The number of fused-ring (bicyclic) bond motifs is 1. The second-order valence-corrected chi connectivity index (χ2v) is 7.07. The van der Waals surface area contributed by atoms with Crippen LogP contribution in [-0.2, 0) is 6.42 Å². The summed E-state index contributed by atoms with van der Waals surface area (Å²) in [5.41, 5.74) is 4.35. The first-order valence-electron chi connectivity index (χ1n) is 9.80. The summed E-state index contributed by atoms with van der Waals surface area (Å²) in [5.74, 6) is -0.593. The molecule has 0 unspecified atom stereocenters. The third-order valence-corrected chi connectivity index (χ3v) is 4.86. The highest BCUT2D eigenvalue weighted by molar-refractivity contribution is 6.10. The van der Waals surface area contributed by atoms with Gasteiger partial charge in [-0.2, -0.15) is 0 Å². The highest BCUT2D eigenvalue weighted by atomic mass is 16.2. The zero-order valence-electron chi connectivity index (χ0n) is 16.8. The number of pyridine rings is 1. The third-order valence-electron chi connectivity index (χ3n) is 4.86. The number of amides is 2. The molecule has 150 valence electrons. The predicted molar refractivity (Wildman–Crippen MR) is 118 cm³/mol. The van der Waals surface area contributed by atoms with Gasteiger partial charge in [-0.3, -0.25) is 14.0 Å². The lowest BCUT2D eigenvalue weighted by Crippen LogP contribution is -2.16. The number of aromatic nitrogens is 2. The summed E-state index contributed by atoms with van der Waals surface area (Å²) in [6, 6.07) is 20.6. The zero-order chi connectivity index (χ0) is 21.1. The molecule has 2 aromatic heterocycles. The van der Waals surface area contributed by atoms with Crippen molar-refractivity contribution >= 4 is 28.7 Å². The van der Waals surface area contributed by atoms with Gasteiger partial charge in [0.1, 0.15) is 0 Å². The van der Waals surface area contributed by atoms with Crippen molar-refractivity contribution < 1.29 is 9.59 Å². The Kier molecular flexibility index (Phi) is 5.30. The van der Waals surface area contributed by atoms with Crippen LogP contribution in [0.25, 0.3) is 5.52 Å². The van der Waals surface area contributed by atoms with Gasteiger partial charge in [0, 0.05) is 17.6 Å². The number of anilines is 2. The molecule has 6 nitrogen and oxygen atoms in total. The number of benzene rings is 2. The molecule has 0 saturated carbocycles. The molecule has 0 bridgehead atoms. The Morgan fingerprint density at radius 3 is 2.40 bits per heavy atom. The lowest BCUT2D eigenvalue weighted by molar-refractivity contribution is 0.101. The highest BCUT2D eigenvalue weighted by Gasteiger charge is 2.21. The molecular formula is C24H22N4O2. The molecule has 0 saturated heterocycles. The van der Waals surface area contributed by atoms with E-state index in [9.17, 15) is 9.59 Å². The van der Waals surface area contributed by atoms with Gasteiger partial charge in [0.15, 0.2) is 5.69 Å². The number of carbonyl (C=O) groups excluding carboxylic acids is 2. The molecule has 0 spiro atoms. The van der Waals surface area contributed by atoms with Crippen molar-refractivity contribution in [3.05, 3.63) is 95.6 Å². The van der Waals surface area contributed by atoms with Gasteiger partial charge >= 0.3 is 0 Å². The minimum Gasteiger partial charge on any atom is -0.321 e. The van der Waals surface area contributed by atoms with E-state index in [1.165, 1.54) is 5.56 Å². The van der Waals surface area contributed by atoms with E-state index >= 15 is 0 Å². The van der Waals surface area contributed by atoms with E-state index in [0.29, 0.717) is 16.9 Å². The summed E-state index contributed by atoms with van der Waals surface area (Å²) >= 11 is 0. The number of carbonyl (C=O) groups is 2. The zero-order valence-corrected chi connectivity index (χ0v) is 16.8. The molecule has 4 rings (SSSR count). The van der Waals surface area contributed by atoms with Crippen LogP contribution in [0.1, 0.15) is 39.2 Å². The molecule has 2 amide bonds. The van der Waals surface area contributed by atoms with Crippen molar-refractivity contribution in [3.63, 3.8) is 0 Å². The SMILES string of the molecule is CCc1ccc(NC(=O)c2nc(C(=O)Nc3cccc(C)c3)n3ccccc23)cc1. The van der Waals surface area contributed by atoms with Gasteiger partial charge in [-0.05, 0) is 60.9 Å². The van der Waals surface area contributed by atoms with Gasteiger partial charge in [0.2, 0.25) is 5.82 Å². The van der Waals surface area contributed by atoms with E-state index in [0.717, 1.165) is 12.0 Å². The van der Waals surface area contributed by atoms with E-state index in [1.54, 1.807) is 22.7 Å². The van der Waals surface area contributed by atoms with Gasteiger partial charge in [-0.25, -0.2) is 4.98 Å². The standard InChI is InChI=1S/C24H22N4O2/c1-3-17-10-12-18(13-11-17)25-23(29)21-20-9-4-5-14-28(20)22(27-21)24(30)26-19-8-6-7-16(2)15-19/h4-15H,3H2,1-2H3,(H,25,29)(H,26,30). The summed E-state index contributed by atoms with van der Waals surface area (Å²) in [6.07, 6.45) is 2.65. The predicted octanol–water partition coefficient (Wildman–Crippen LogP) is 4.71. The lowest BCUT2D eigenvalue weighted by Gasteiger charge is -2.05. The molecule has 4 aromatic rings. The fourth-order valence-corrected chi connectivity index (χ4v) is 3.29. The fourth-order valence-electron chi connectivity index (χ4n) is 3.29. The van der Waals surface area contributed by atoms with E-state index in [1.807, 2.05) is 61.5 Å². The first-order chi connectivity index (χ1) is 14.5. The Bertz CT molecular complexity index is 1230. The maximum Gasteiger partial charge on any atom is 0.292 e. The molecule has 0 radical (unpaired) electrons. The average molecular weight is 398 g/mol. The first-order valence-corrected chi connectivity index (χ1v) is 9.80. The molecule has 2 heterocycles. The van der Waals surface area contributed by atoms with Crippen LogP contribution in [0.15, 0.2) is 72.9 Å². The quantitative estimate of drug-likeness (QED) is 0.511. The highest BCUT2D eigenvalue weighted by Crippen LogP contribution is 2.18. The smallest absolute Gasteiger partial charge is 0.292 e. The topological polar surface area (TPSA) is 75.5 Å². The van der Waals surface area contributed by atoms with Gasteiger partial charge in [0.25, 0.3) is 11.8 Å². The van der Waals surface area contributed by atoms with Crippen LogP contribution in [0.2, 0.25) is 0 Å². The molecule has 0 atom stereocenters. The maximum absolute atomic E-state index is 12.9. The molecule has 2 N–H and O–H groups in total. The van der Waals surface area contributed by atoms with Crippen molar-refractivity contribution in [2.75, 3.05) is 10.6 Å². The molecule has 6 heteroatoms. The number of hydrogen-bond donors (Lipinski definition) is 2. The van der Waals surface area contributed by atoms with Crippen LogP contribution in [-0.4, -0.2) is 21.2 Å². The first kappa shape index (κ1) is 19.4. The van der Waals surface area contributed by atoms with E-state index in [2.05, 4.69) is 22.5 Å². The van der Waals surface area contributed by atoms with Crippen LogP contribution < -0.4 is 10.6 Å². The number of aryl methyl sites for hydroxylation is 2. The Hall–Kier alpha value is -3.93. The van der Waals surface area contributed by atoms with Crippen LogP contribution in [0.3, 0.4) is 0 Å². The average Bonchev–Trinajstić information content (AvgIpc) is 3.14. The molecule has 2 aromatic carbocycles. The minimum atomic E-state index is -0.381. The van der Waals surface area contributed by atoms with Crippen LogP contribution in [0.4, 0.5) is 11.4 Å². The normalized spacial score (nSPS) is 10.7. The Balaban J connectivity index is 1.64. The molecule has 0 aliphatic carbocycles. The third kappa shape index (κ3) is 3.93. The number of hydrogen-bond acceptors (Lipinski definition) is 3. The van der Waals surface area contributed by atoms with E-state index in [-0.39, 0.29) is 23.3 Å². The van der Waals surface area contributed by atoms with Gasteiger partial charge in [-0.15, -0.1) is 0 Å². The van der Waals surface area contributed by atoms with Crippen molar-refractivity contribution in [1.82, 2.24) is 9.38 Å². The fraction of sp³-hybridized carbons (Fsp3) is 0.125. The van der Waals surface area contributed by atoms with Crippen molar-refractivity contribution in [1.29, 1.82) is 0 Å². The Morgan fingerprint density at radius 1 is 0.900 bits per heavy atom. The maximum atomic E-state index is 12.9. The van der Waals surface area contributed by atoms with Crippen LogP contribution in [0, 0.1) is 6.92 Å². The second-order valence-electron chi connectivity index (χ2n) is 7.07. The summed E-state index contributed by atoms with van der Waals surface area (Å²) < 4.78 is 1.63. The van der Waals surface area contributed by atoms with E-state index in [4.69, 9.17) is 0 Å². The number of nitrogens with zero attached hydrogens (tertiary/aromatic N) is 2. The summed E-state index contributed by atoms with van der Waals surface area (Å²) in [5, 5.41) is 5.72. The molecular weight excluding hydrogens is 376 g/mol. The number of imidazole rings is 1. The Labute approximate surface area is 174 Å². The number of nitrogens with one attached hydrogen (secondary N) is 2. The largest absolute Gasteiger partial charge is 0.321 e. The summed E-state index contributed by atoms with van der Waals surface area (Å²) in [4.78, 5) is 30.2. The van der Waals surface area contributed by atoms with Gasteiger partial charge in [-0.1, -0.05) is 37.3 Å². The molecule has 0 fully saturated rings. The lowest BCUT2D eigenvalue weighted by atomic mass is 10.1. The Morgan fingerprint density at radius 2 is 1.67 bits per heavy atom. The van der Waals surface area contributed by atoms with Crippen molar-refractivity contribution in [2.24, 2.45) is 0 Å². The van der Waals surface area contributed by atoms with Crippen molar-refractivity contribution in [3.8, 4) is 0 Å². The second kappa shape index (κ2) is 8.21. The van der Waals surface area contributed by atoms with Gasteiger partial charge < -0.3 is 10.6 Å².